The molecule has 2 aromatic rings. The van der Waals surface area contributed by atoms with Crippen molar-refractivity contribution in [3.8, 4) is 23.0 Å². The molecule has 1 aliphatic rings. The first-order valence-corrected chi connectivity index (χ1v) is 7.49. The summed E-state index contributed by atoms with van der Waals surface area (Å²) in [5, 5.41) is 19.9. The van der Waals surface area contributed by atoms with Crippen molar-refractivity contribution in [3.63, 3.8) is 0 Å². The van der Waals surface area contributed by atoms with Crippen molar-refractivity contribution in [2.45, 2.75) is 19.1 Å². The molecule has 0 amide bonds. The Morgan fingerprint density at radius 1 is 1.16 bits per heavy atom. The third-order valence-corrected chi connectivity index (χ3v) is 3.86. The number of hydrogen-bond acceptors (Lipinski definition) is 7. The van der Waals surface area contributed by atoms with Gasteiger partial charge in [0.2, 0.25) is 11.9 Å². The Morgan fingerprint density at radius 3 is 2.56 bits per heavy atom. The molecule has 0 aliphatic carbocycles. The molecule has 3 rings (SSSR count). The van der Waals surface area contributed by atoms with Crippen LogP contribution in [0.15, 0.2) is 36.4 Å². The summed E-state index contributed by atoms with van der Waals surface area (Å²) in [6.07, 6.45) is -2.26. The largest absolute Gasteiger partial charge is 0.507 e. The number of methoxy groups -OCH3 is 1. The Morgan fingerprint density at radius 2 is 1.92 bits per heavy atom. The predicted molar refractivity (Wildman–Crippen MR) is 86.0 cm³/mol. The van der Waals surface area contributed by atoms with Crippen molar-refractivity contribution in [1.29, 1.82) is 0 Å². The number of phenolic OH excluding ortho intramolecular Hbond substituents is 2. The SMILES string of the molecule is COc1ccc(C2Oc3cccc(O)c3C(=O)C2OC(C)=O)cc1O. The number of fused-ring (bicyclic) bond motifs is 1. The number of aromatic hydroxyl groups is 2. The topological polar surface area (TPSA) is 102 Å². The van der Waals surface area contributed by atoms with Crippen LogP contribution in [0.4, 0.5) is 0 Å². The van der Waals surface area contributed by atoms with Gasteiger partial charge in [-0.3, -0.25) is 9.59 Å². The third kappa shape index (κ3) is 2.96. The van der Waals surface area contributed by atoms with Crippen LogP contribution in [0.2, 0.25) is 0 Å². The fourth-order valence-corrected chi connectivity index (χ4v) is 2.76. The van der Waals surface area contributed by atoms with Crippen LogP contribution >= 0.6 is 0 Å². The number of Topliss-reactive ketones (excluding diaryl/α,β-unsaturated/α-hetero) is 1. The third-order valence-electron chi connectivity index (χ3n) is 3.86. The Kier molecular flexibility index (Phi) is 4.22. The molecule has 2 unspecified atom stereocenters. The number of carbonyl (C=O) groups excluding carboxylic acids is 2. The summed E-state index contributed by atoms with van der Waals surface area (Å²) in [7, 11) is 1.41. The zero-order valence-corrected chi connectivity index (χ0v) is 13.6. The van der Waals surface area contributed by atoms with Crippen LogP contribution in [-0.2, 0) is 9.53 Å². The number of ether oxygens (including phenoxy) is 3. The summed E-state index contributed by atoms with van der Waals surface area (Å²) in [6, 6.07) is 8.91. The number of hydrogen-bond donors (Lipinski definition) is 2. The number of rotatable bonds is 3. The number of ketones is 1. The average Bonchev–Trinajstić information content (AvgIpc) is 2.56. The minimum atomic E-state index is -1.29. The molecule has 0 bridgehead atoms. The van der Waals surface area contributed by atoms with Gasteiger partial charge in [-0.05, 0) is 24.3 Å². The van der Waals surface area contributed by atoms with Gasteiger partial charge in [0.1, 0.15) is 17.1 Å². The molecule has 1 heterocycles. The van der Waals surface area contributed by atoms with Crippen molar-refractivity contribution in [2.75, 3.05) is 7.11 Å². The van der Waals surface area contributed by atoms with Crippen LogP contribution in [0, 0.1) is 0 Å². The highest BCUT2D eigenvalue weighted by Gasteiger charge is 2.42. The molecule has 0 radical (unpaired) electrons. The predicted octanol–water partition coefficient (Wildman–Crippen LogP) is 2.35. The summed E-state index contributed by atoms with van der Waals surface area (Å²) >= 11 is 0. The smallest absolute Gasteiger partial charge is 0.303 e. The molecule has 0 fully saturated rings. The van der Waals surface area contributed by atoms with Crippen molar-refractivity contribution in [3.05, 3.63) is 47.5 Å². The van der Waals surface area contributed by atoms with Crippen LogP contribution in [0.1, 0.15) is 28.9 Å². The molecule has 7 heteroatoms. The van der Waals surface area contributed by atoms with Gasteiger partial charge in [0, 0.05) is 12.5 Å². The molecule has 2 atom stereocenters. The van der Waals surface area contributed by atoms with Crippen LogP contribution in [0.25, 0.3) is 0 Å². The van der Waals surface area contributed by atoms with Gasteiger partial charge in [0.25, 0.3) is 0 Å². The van der Waals surface area contributed by atoms with E-state index in [2.05, 4.69) is 0 Å². The van der Waals surface area contributed by atoms with Gasteiger partial charge in [-0.1, -0.05) is 12.1 Å². The maximum absolute atomic E-state index is 12.8. The normalized spacial score (nSPS) is 18.9. The molecule has 0 spiro atoms. The Hall–Kier alpha value is -3.22. The zero-order valence-electron chi connectivity index (χ0n) is 13.6. The van der Waals surface area contributed by atoms with Crippen LogP contribution in [-0.4, -0.2) is 35.2 Å². The van der Waals surface area contributed by atoms with E-state index in [1.807, 2.05) is 0 Å². The minimum absolute atomic E-state index is 0.0391. The lowest BCUT2D eigenvalue weighted by molar-refractivity contribution is -0.148. The zero-order chi connectivity index (χ0) is 18.1. The second-order valence-electron chi connectivity index (χ2n) is 5.51. The second-order valence-corrected chi connectivity index (χ2v) is 5.51. The highest BCUT2D eigenvalue weighted by molar-refractivity contribution is 6.06. The summed E-state index contributed by atoms with van der Waals surface area (Å²) < 4.78 is 15.9. The molecule has 7 nitrogen and oxygen atoms in total. The van der Waals surface area contributed by atoms with Gasteiger partial charge in [-0.15, -0.1) is 0 Å². The molecular weight excluding hydrogens is 328 g/mol. The highest BCUT2D eigenvalue weighted by atomic mass is 16.6. The van der Waals surface area contributed by atoms with E-state index in [0.29, 0.717) is 5.56 Å². The molecule has 130 valence electrons. The monoisotopic (exact) mass is 344 g/mol. The Bertz CT molecular complexity index is 843. The van der Waals surface area contributed by atoms with Crippen LogP contribution in [0.5, 0.6) is 23.0 Å². The fourth-order valence-electron chi connectivity index (χ4n) is 2.76. The Balaban J connectivity index is 2.08. The van der Waals surface area contributed by atoms with E-state index < -0.39 is 24.0 Å². The molecule has 2 aromatic carbocycles. The lowest BCUT2D eigenvalue weighted by atomic mass is 9.92. The number of phenols is 2. The van der Waals surface area contributed by atoms with E-state index >= 15 is 0 Å². The quantitative estimate of drug-likeness (QED) is 0.824. The van der Waals surface area contributed by atoms with Crippen LogP contribution < -0.4 is 9.47 Å². The van der Waals surface area contributed by atoms with Crippen molar-refractivity contribution >= 4 is 11.8 Å². The molecule has 25 heavy (non-hydrogen) atoms. The summed E-state index contributed by atoms with van der Waals surface area (Å²) in [5.74, 6) is -1.20. The van der Waals surface area contributed by atoms with E-state index in [-0.39, 0.29) is 28.6 Å². The Labute approximate surface area is 143 Å². The molecule has 1 aliphatic heterocycles. The van der Waals surface area contributed by atoms with Gasteiger partial charge in [-0.2, -0.15) is 0 Å². The lowest BCUT2D eigenvalue weighted by Gasteiger charge is -2.32. The van der Waals surface area contributed by atoms with E-state index in [1.165, 1.54) is 44.4 Å². The molecule has 0 aromatic heterocycles. The number of benzene rings is 2. The minimum Gasteiger partial charge on any atom is -0.507 e. The molecule has 2 N–H and O–H groups in total. The maximum Gasteiger partial charge on any atom is 0.303 e. The summed E-state index contributed by atoms with van der Waals surface area (Å²) in [6.45, 7) is 1.18. The summed E-state index contributed by atoms with van der Waals surface area (Å²) in [5.41, 5.74) is 0.384. The van der Waals surface area contributed by atoms with Gasteiger partial charge in [0.15, 0.2) is 17.6 Å². The van der Waals surface area contributed by atoms with Gasteiger partial charge >= 0.3 is 5.97 Å². The molecule has 0 saturated carbocycles. The number of esters is 1. The standard InChI is InChI=1S/C18H16O7/c1-9(19)24-18-16(22)15-11(20)4-3-5-14(15)25-17(18)10-6-7-13(23-2)12(21)8-10/h3-8,17-18,20-21H,1-2H3. The van der Waals surface area contributed by atoms with Crippen LogP contribution in [0.3, 0.4) is 0 Å². The second kappa shape index (κ2) is 6.35. The first-order chi connectivity index (χ1) is 11.9. The van der Waals surface area contributed by atoms with Crippen molar-refractivity contribution < 1.29 is 34.0 Å². The lowest BCUT2D eigenvalue weighted by Crippen LogP contribution is -2.39. The number of carbonyl (C=O) groups is 2. The molecular formula is C18H16O7. The summed E-state index contributed by atoms with van der Waals surface area (Å²) in [4.78, 5) is 24.2. The first-order valence-electron chi connectivity index (χ1n) is 7.49. The van der Waals surface area contributed by atoms with Gasteiger partial charge in [0.05, 0.1) is 7.11 Å². The molecule has 0 saturated heterocycles. The highest BCUT2D eigenvalue weighted by Crippen LogP contribution is 2.41. The van der Waals surface area contributed by atoms with Gasteiger partial charge < -0.3 is 24.4 Å². The van der Waals surface area contributed by atoms with E-state index in [1.54, 1.807) is 6.07 Å². The van der Waals surface area contributed by atoms with Gasteiger partial charge in [-0.25, -0.2) is 0 Å². The van der Waals surface area contributed by atoms with E-state index in [0.717, 1.165) is 0 Å². The van der Waals surface area contributed by atoms with E-state index in [4.69, 9.17) is 14.2 Å². The van der Waals surface area contributed by atoms with Crippen molar-refractivity contribution in [1.82, 2.24) is 0 Å². The van der Waals surface area contributed by atoms with Crippen molar-refractivity contribution in [2.24, 2.45) is 0 Å². The first kappa shape index (κ1) is 16.6. The van der Waals surface area contributed by atoms with E-state index in [9.17, 15) is 19.8 Å². The maximum atomic E-state index is 12.8. The average molecular weight is 344 g/mol. The fraction of sp³-hybridized carbons (Fsp3) is 0.222.